The number of hydrogen-bond donors (Lipinski definition) is 1. The van der Waals surface area contributed by atoms with Crippen LogP contribution in [0.1, 0.15) is 5.56 Å². The first kappa shape index (κ1) is 20.2. The SMILES string of the molecule is COc1ccc(/C=N\Nc2ccc(S(=O)(=O)N3CCN(C)CC3)cn2)cc1F. The number of nitrogens with zero attached hydrogens (tertiary/aromatic N) is 4. The molecular weight excluding hydrogens is 385 g/mol. The molecule has 2 heterocycles. The van der Waals surface area contributed by atoms with Crippen LogP contribution in [0.4, 0.5) is 10.2 Å². The summed E-state index contributed by atoms with van der Waals surface area (Å²) in [6.07, 6.45) is 2.73. The van der Waals surface area contributed by atoms with E-state index in [2.05, 4.69) is 20.4 Å². The molecule has 1 aliphatic rings. The number of methoxy groups -OCH3 is 1. The summed E-state index contributed by atoms with van der Waals surface area (Å²) in [5.41, 5.74) is 3.24. The Morgan fingerprint density at radius 3 is 2.57 bits per heavy atom. The van der Waals surface area contributed by atoms with Gasteiger partial charge in [-0.3, -0.25) is 5.43 Å². The van der Waals surface area contributed by atoms with Crippen LogP contribution in [0.25, 0.3) is 0 Å². The number of anilines is 1. The first-order valence-electron chi connectivity index (χ1n) is 8.67. The van der Waals surface area contributed by atoms with Crippen molar-refractivity contribution in [2.45, 2.75) is 4.90 Å². The van der Waals surface area contributed by atoms with Crippen molar-refractivity contribution in [3.8, 4) is 5.75 Å². The number of rotatable bonds is 6. The highest BCUT2D eigenvalue weighted by Crippen LogP contribution is 2.18. The second kappa shape index (κ2) is 8.63. The molecule has 0 atom stereocenters. The van der Waals surface area contributed by atoms with Gasteiger partial charge in [0.15, 0.2) is 11.6 Å². The van der Waals surface area contributed by atoms with Gasteiger partial charge in [0, 0.05) is 32.4 Å². The molecular formula is C18H22FN5O3S. The standard InChI is InChI=1S/C18H22FN5O3S/c1-23-7-9-24(10-8-23)28(25,26)15-4-6-18(20-13-15)22-21-12-14-3-5-17(27-2)16(19)11-14/h3-6,11-13H,7-10H2,1-2H3,(H,20,22)/b21-12-. The minimum absolute atomic E-state index is 0.142. The molecule has 0 bridgehead atoms. The zero-order valence-corrected chi connectivity index (χ0v) is 16.5. The van der Waals surface area contributed by atoms with E-state index in [9.17, 15) is 12.8 Å². The Balaban J connectivity index is 1.63. The number of pyridine rings is 1. The minimum atomic E-state index is -3.55. The van der Waals surface area contributed by atoms with Gasteiger partial charge in [0.1, 0.15) is 10.7 Å². The number of hydrazone groups is 1. The highest BCUT2D eigenvalue weighted by molar-refractivity contribution is 7.89. The van der Waals surface area contributed by atoms with E-state index >= 15 is 0 Å². The molecule has 1 aromatic carbocycles. The summed E-state index contributed by atoms with van der Waals surface area (Å²) in [5, 5.41) is 3.99. The maximum atomic E-state index is 13.6. The van der Waals surface area contributed by atoms with Crippen LogP contribution in [-0.4, -0.2) is 69.2 Å². The van der Waals surface area contributed by atoms with Crippen LogP contribution in [0, 0.1) is 5.82 Å². The topological polar surface area (TPSA) is 87.1 Å². The molecule has 0 unspecified atom stereocenters. The van der Waals surface area contributed by atoms with E-state index in [1.54, 1.807) is 6.07 Å². The summed E-state index contributed by atoms with van der Waals surface area (Å²) < 4.78 is 45.3. The number of hydrogen-bond acceptors (Lipinski definition) is 7. The third-order valence-corrected chi connectivity index (χ3v) is 6.29. The van der Waals surface area contributed by atoms with Gasteiger partial charge in [-0.2, -0.15) is 9.41 Å². The smallest absolute Gasteiger partial charge is 0.244 e. The third kappa shape index (κ3) is 4.64. The fourth-order valence-corrected chi connectivity index (χ4v) is 4.08. The minimum Gasteiger partial charge on any atom is -0.494 e. The highest BCUT2D eigenvalue weighted by atomic mass is 32.2. The van der Waals surface area contributed by atoms with Crippen LogP contribution in [0.2, 0.25) is 0 Å². The lowest BCUT2D eigenvalue weighted by Crippen LogP contribution is -2.47. The number of benzene rings is 1. The Kier molecular flexibility index (Phi) is 6.22. The van der Waals surface area contributed by atoms with Crippen molar-refractivity contribution < 1.29 is 17.5 Å². The van der Waals surface area contributed by atoms with Crippen molar-refractivity contribution in [1.29, 1.82) is 0 Å². The summed E-state index contributed by atoms with van der Waals surface area (Å²) in [6, 6.07) is 7.49. The van der Waals surface area contributed by atoms with Gasteiger partial charge >= 0.3 is 0 Å². The van der Waals surface area contributed by atoms with Gasteiger partial charge in [0.05, 0.1) is 13.3 Å². The van der Waals surface area contributed by atoms with E-state index in [0.29, 0.717) is 37.6 Å². The molecule has 2 aromatic rings. The number of piperazine rings is 1. The molecule has 0 amide bonds. The second-order valence-electron chi connectivity index (χ2n) is 6.35. The van der Waals surface area contributed by atoms with Crippen LogP contribution in [0.3, 0.4) is 0 Å². The van der Waals surface area contributed by atoms with E-state index in [1.165, 1.54) is 48.1 Å². The average Bonchev–Trinajstić information content (AvgIpc) is 2.69. The molecule has 1 saturated heterocycles. The van der Waals surface area contributed by atoms with Gasteiger partial charge in [-0.15, -0.1) is 0 Å². The molecule has 150 valence electrons. The Bertz CT molecular complexity index is 942. The van der Waals surface area contributed by atoms with Crippen molar-refractivity contribution in [2.24, 2.45) is 5.10 Å². The molecule has 0 radical (unpaired) electrons. The number of sulfonamides is 1. The summed E-state index contributed by atoms with van der Waals surface area (Å²) in [6.45, 7) is 2.32. The number of ether oxygens (including phenoxy) is 1. The zero-order valence-electron chi connectivity index (χ0n) is 15.7. The second-order valence-corrected chi connectivity index (χ2v) is 8.29. The first-order valence-corrected chi connectivity index (χ1v) is 10.1. The van der Waals surface area contributed by atoms with Crippen molar-refractivity contribution in [3.05, 3.63) is 47.9 Å². The molecule has 28 heavy (non-hydrogen) atoms. The van der Waals surface area contributed by atoms with Gasteiger partial charge in [-0.05, 0) is 42.9 Å². The monoisotopic (exact) mass is 407 g/mol. The highest BCUT2D eigenvalue weighted by Gasteiger charge is 2.27. The fourth-order valence-electron chi connectivity index (χ4n) is 2.71. The normalized spacial score (nSPS) is 16.4. The van der Waals surface area contributed by atoms with Crippen molar-refractivity contribution in [2.75, 3.05) is 45.8 Å². The third-order valence-electron chi connectivity index (χ3n) is 4.40. The molecule has 1 aromatic heterocycles. The zero-order chi connectivity index (χ0) is 20.1. The van der Waals surface area contributed by atoms with Crippen LogP contribution in [0.15, 0.2) is 46.5 Å². The Morgan fingerprint density at radius 2 is 1.96 bits per heavy atom. The molecule has 0 saturated carbocycles. The number of likely N-dealkylation sites (N-methyl/N-ethyl adjacent to an activating group) is 1. The van der Waals surface area contributed by atoms with E-state index in [-0.39, 0.29) is 10.6 Å². The predicted octanol–water partition coefficient (Wildman–Crippen LogP) is 1.61. The first-order chi connectivity index (χ1) is 13.4. The summed E-state index contributed by atoms with van der Waals surface area (Å²) in [5.74, 6) is 0.0505. The van der Waals surface area contributed by atoms with E-state index in [0.717, 1.165) is 0 Å². The van der Waals surface area contributed by atoms with Gasteiger partial charge in [0.2, 0.25) is 10.0 Å². The number of aromatic nitrogens is 1. The van der Waals surface area contributed by atoms with Gasteiger partial charge in [0.25, 0.3) is 0 Å². The maximum absolute atomic E-state index is 13.6. The maximum Gasteiger partial charge on any atom is 0.244 e. The molecule has 1 fully saturated rings. The largest absolute Gasteiger partial charge is 0.494 e. The Labute approximate surface area is 163 Å². The molecule has 8 nitrogen and oxygen atoms in total. The molecule has 1 N–H and O–H groups in total. The lowest BCUT2D eigenvalue weighted by Gasteiger charge is -2.31. The lowest BCUT2D eigenvalue weighted by molar-refractivity contribution is 0.222. The van der Waals surface area contributed by atoms with Gasteiger partial charge in [-0.25, -0.2) is 17.8 Å². The van der Waals surface area contributed by atoms with E-state index in [1.807, 2.05) is 7.05 Å². The van der Waals surface area contributed by atoms with E-state index in [4.69, 9.17) is 4.74 Å². The van der Waals surface area contributed by atoms with Gasteiger partial charge in [-0.1, -0.05) is 0 Å². The summed E-state index contributed by atoms with van der Waals surface area (Å²) >= 11 is 0. The molecule has 3 rings (SSSR count). The fraction of sp³-hybridized carbons (Fsp3) is 0.333. The number of nitrogens with one attached hydrogen (secondary N) is 1. The predicted molar refractivity (Wildman–Crippen MR) is 105 cm³/mol. The van der Waals surface area contributed by atoms with Crippen LogP contribution in [0.5, 0.6) is 5.75 Å². The van der Waals surface area contributed by atoms with Crippen LogP contribution < -0.4 is 10.2 Å². The van der Waals surface area contributed by atoms with Crippen molar-refractivity contribution >= 4 is 22.1 Å². The summed E-state index contributed by atoms with van der Waals surface area (Å²) in [4.78, 5) is 6.33. The van der Waals surface area contributed by atoms with Crippen molar-refractivity contribution in [1.82, 2.24) is 14.2 Å². The molecule has 10 heteroatoms. The average molecular weight is 407 g/mol. The van der Waals surface area contributed by atoms with Crippen LogP contribution >= 0.6 is 0 Å². The molecule has 0 aliphatic carbocycles. The quantitative estimate of drug-likeness (QED) is 0.578. The molecule has 0 spiro atoms. The Morgan fingerprint density at radius 1 is 1.21 bits per heavy atom. The summed E-state index contributed by atoms with van der Waals surface area (Å²) in [7, 11) is -0.192. The van der Waals surface area contributed by atoms with Gasteiger partial charge < -0.3 is 9.64 Å². The lowest BCUT2D eigenvalue weighted by atomic mass is 10.2. The van der Waals surface area contributed by atoms with E-state index < -0.39 is 15.8 Å². The molecule has 1 aliphatic heterocycles. The number of halogens is 1. The Hall–Kier alpha value is -2.56. The van der Waals surface area contributed by atoms with Crippen molar-refractivity contribution in [3.63, 3.8) is 0 Å². The van der Waals surface area contributed by atoms with Crippen LogP contribution in [-0.2, 0) is 10.0 Å².